The van der Waals surface area contributed by atoms with E-state index in [1.54, 1.807) is 24.5 Å². The number of aromatic nitrogens is 3. The van der Waals surface area contributed by atoms with Gasteiger partial charge >= 0.3 is 0 Å². The van der Waals surface area contributed by atoms with E-state index in [0.29, 0.717) is 12.1 Å². The monoisotopic (exact) mass is 458 g/mol. The lowest BCUT2D eigenvalue weighted by Crippen LogP contribution is -2.23. The number of thiazole rings is 1. The van der Waals surface area contributed by atoms with Crippen LogP contribution < -0.4 is 10.1 Å². The predicted octanol–water partition coefficient (Wildman–Crippen LogP) is 5.46. The molecule has 4 rings (SSSR count). The van der Waals surface area contributed by atoms with E-state index in [1.165, 1.54) is 0 Å². The van der Waals surface area contributed by atoms with Crippen LogP contribution in [0.15, 0.2) is 66.7 Å². The Hall–Kier alpha value is -3.71. The summed E-state index contributed by atoms with van der Waals surface area (Å²) in [7, 11) is 1.64. The zero-order chi connectivity index (χ0) is 23.4. The van der Waals surface area contributed by atoms with E-state index in [2.05, 4.69) is 34.4 Å². The van der Waals surface area contributed by atoms with Gasteiger partial charge in [0.15, 0.2) is 0 Å². The molecule has 0 aliphatic rings. The number of hydrogen-bond donors (Lipinski definition) is 1. The first-order valence-electron chi connectivity index (χ1n) is 10.7. The van der Waals surface area contributed by atoms with Gasteiger partial charge < -0.3 is 14.6 Å². The van der Waals surface area contributed by atoms with Gasteiger partial charge in [-0.2, -0.15) is 0 Å². The number of nitrogens with zero attached hydrogens (tertiary/aromatic N) is 3. The second-order valence-electron chi connectivity index (χ2n) is 7.49. The molecule has 4 aromatic rings. The number of aryl methyl sites for hydroxylation is 1. The highest BCUT2D eigenvalue weighted by Crippen LogP contribution is 2.34. The van der Waals surface area contributed by atoms with Crippen molar-refractivity contribution in [1.29, 1.82) is 0 Å². The van der Waals surface area contributed by atoms with Crippen LogP contribution >= 0.6 is 11.3 Å². The molecule has 1 aromatic carbocycles. The number of nitrogens with one attached hydrogen (secondary N) is 1. The number of carbonyl (C=O) groups excluding carboxylic acids is 1. The van der Waals surface area contributed by atoms with Gasteiger partial charge in [0, 0.05) is 40.8 Å². The highest BCUT2D eigenvalue weighted by molar-refractivity contribution is 7.13. The fourth-order valence-corrected chi connectivity index (χ4v) is 4.49. The number of benzene rings is 1. The maximum Gasteiger partial charge on any atom is 0.253 e. The molecule has 0 unspecified atom stereocenters. The molecular formula is C26H26N4O2S. The van der Waals surface area contributed by atoms with Crippen molar-refractivity contribution < 1.29 is 9.53 Å². The molecule has 0 atom stereocenters. The summed E-state index contributed by atoms with van der Waals surface area (Å²) in [5.74, 6) is 0.632. The van der Waals surface area contributed by atoms with E-state index in [1.807, 2.05) is 54.9 Å². The largest absolute Gasteiger partial charge is 0.497 e. The summed E-state index contributed by atoms with van der Waals surface area (Å²) >= 11 is 1.58. The van der Waals surface area contributed by atoms with Gasteiger partial charge in [0.05, 0.1) is 24.1 Å². The third kappa shape index (κ3) is 4.59. The molecule has 3 aromatic heterocycles. The van der Waals surface area contributed by atoms with Crippen LogP contribution in [0.25, 0.3) is 27.6 Å². The fraction of sp³-hybridized carbons (Fsp3) is 0.192. The smallest absolute Gasteiger partial charge is 0.253 e. The van der Waals surface area contributed by atoms with Gasteiger partial charge in [-0.3, -0.25) is 9.78 Å². The van der Waals surface area contributed by atoms with Crippen molar-refractivity contribution >= 4 is 17.2 Å². The highest BCUT2D eigenvalue weighted by atomic mass is 32.1. The van der Waals surface area contributed by atoms with Crippen molar-refractivity contribution in [2.45, 2.75) is 20.3 Å². The van der Waals surface area contributed by atoms with Gasteiger partial charge in [0.2, 0.25) is 0 Å². The summed E-state index contributed by atoms with van der Waals surface area (Å²) in [6.45, 7) is 8.12. The van der Waals surface area contributed by atoms with Gasteiger partial charge in [0.1, 0.15) is 10.8 Å². The number of amides is 1. The van der Waals surface area contributed by atoms with Crippen molar-refractivity contribution in [2.75, 3.05) is 13.7 Å². The van der Waals surface area contributed by atoms with Crippen LogP contribution in [0.5, 0.6) is 5.75 Å². The van der Waals surface area contributed by atoms with Crippen LogP contribution in [0.4, 0.5) is 0 Å². The molecule has 0 spiro atoms. The predicted molar refractivity (Wildman–Crippen MR) is 133 cm³/mol. The van der Waals surface area contributed by atoms with E-state index >= 15 is 0 Å². The maximum absolute atomic E-state index is 12.8. The van der Waals surface area contributed by atoms with Crippen LogP contribution in [0.3, 0.4) is 0 Å². The van der Waals surface area contributed by atoms with Gasteiger partial charge in [-0.15, -0.1) is 17.9 Å². The van der Waals surface area contributed by atoms with Gasteiger partial charge in [-0.05, 0) is 55.8 Å². The Bertz CT molecular complexity index is 1290. The van der Waals surface area contributed by atoms with Crippen LogP contribution in [0.2, 0.25) is 0 Å². The Morgan fingerprint density at radius 3 is 2.73 bits per heavy atom. The topological polar surface area (TPSA) is 69.0 Å². The van der Waals surface area contributed by atoms with Crippen LogP contribution in [0, 0.1) is 6.92 Å². The summed E-state index contributed by atoms with van der Waals surface area (Å²) in [5.41, 5.74) is 6.11. The average molecular weight is 459 g/mol. The van der Waals surface area contributed by atoms with Crippen LogP contribution in [-0.2, 0) is 6.42 Å². The Kier molecular flexibility index (Phi) is 6.70. The van der Waals surface area contributed by atoms with E-state index < -0.39 is 0 Å². The van der Waals surface area contributed by atoms with E-state index in [-0.39, 0.29) is 5.91 Å². The summed E-state index contributed by atoms with van der Waals surface area (Å²) in [6.07, 6.45) is 4.36. The van der Waals surface area contributed by atoms with Gasteiger partial charge in [-0.1, -0.05) is 13.0 Å². The molecule has 33 heavy (non-hydrogen) atoms. The summed E-state index contributed by atoms with van der Waals surface area (Å²) in [4.78, 5) is 22.1. The Balaban J connectivity index is 1.82. The molecule has 0 aliphatic carbocycles. The number of pyridine rings is 1. The normalized spacial score (nSPS) is 10.8. The molecule has 1 amide bonds. The Labute approximate surface area is 197 Å². The third-order valence-corrected chi connectivity index (χ3v) is 6.31. The standard InChI is InChI=1S/C26H26N4O2S/c1-5-12-28-25(31)22-15-24(30(17(22)3)20-7-9-21(32-4)10-8-20)23-16-33-26(29-23)18-11-13-27-19(6-2)14-18/h5,7-11,13-16H,1,6,12H2,2-4H3,(H,28,31). The lowest BCUT2D eigenvalue weighted by molar-refractivity contribution is 0.0957. The first-order valence-corrected chi connectivity index (χ1v) is 11.6. The number of ether oxygens (including phenoxy) is 1. The lowest BCUT2D eigenvalue weighted by atomic mass is 10.2. The van der Waals surface area contributed by atoms with Crippen LogP contribution in [-0.4, -0.2) is 34.1 Å². The van der Waals surface area contributed by atoms with Crippen molar-refractivity contribution in [2.24, 2.45) is 0 Å². The molecule has 0 radical (unpaired) electrons. The highest BCUT2D eigenvalue weighted by Gasteiger charge is 2.21. The maximum atomic E-state index is 12.8. The Morgan fingerprint density at radius 1 is 1.24 bits per heavy atom. The second kappa shape index (κ2) is 9.83. The number of methoxy groups -OCH3 is 1. The molecule has 7 heteroatoms. The minimum absolute atomic E-state index is 0.141. The van der Waals surface area contributed by atoms with Crippen LogP contribution in [0.1, 0.15) is 28.7 Å². The van der Waals surface area contributed by atoms with E-state index in [9.17, 15) is 4.79 Å². The third-order valence-electron chi connectivity index (χ3n) is 5.42. The quantitative estimate of drug-likeness (QED) is 0.356. The zero-order valence-corrected chi connectivity index (χ0v) is 19.8. The molecule has 1 N–H and O–H groups in total. The first kappa shape index (κ1) is 22.5. The molecule has 0 aliphatic heterocycles. The molecule has 0 fully saturated rings. The number of rotatable bonds is 8. The van der Waals surface area contributed by atoms with Crippen molar-refractivity contribution in [3.63, 3.8) is 0 Å². The molecule has 0 saturated carbocycles. The summed E-state index contributed by atoms with van der Waals surface area (Å²) in [5, 5.41) is 5.83. The molecule has 3 heterocycles. The summed E-state index contributed by atoms with van der Waals surface area (Å²) < 4.78 is 7.37. The Morgan fingerprint density at radius 2 is 2.03 bits per heavy atom. The minimum Gasteiger partial charge on any atom is -0.497 e. The van der Waals surface area contributed by atoms with E-state index in [4.69, 9.17) is 9.72 Å². The van der Waals surface area contributed by atoms with Crippen molar-refractivity contribution in [3.05, 3.63) is 83.6 Å². The summed E-state index contributed by atoms with van der Waals surface area (Å²) in [6, 6.07) is 13.7. The number of carbonyl (C=O) groups is 1. The number of hydrogen-bond acceptors (Lipinski definition) is 5. The molecule has 6 nitrogen and oxygen atoms in total. The first-order chi connectivity index (χ1) is 16.0. The minimum atomic E-state index is -0.141. The van der Waals surface area contributed by atoms with Gasteiger partial charge in [-0.25, -0.2) is 4.98 Å². The van der Waals surface area contributed by atoms with Crippen molar-refractivity contribution in [1.82, 2.24) is 19.9 Å². The van der Waals surface area contributed by atoms with E-state index in [0.717, 1.165) is 51.2 Å². The molecular weight excluding hydrogens is 432 g/mol. The van der Waals surface area contributed by atoms with Gasteiger partial charge in [0.25, 0.3) is 5.91 Å². The molecule has 168 valence electrons. The molecule has 0 bridgehead atoms. The average Bonchev–Trinajstić information content (AvgIpc) is 3.47. The fourth-order valence-electron chi connectivity index (χ4n) is 3.68. The molecule has 0 saturated heterocycles. The zero-order valence-electron chi connectivity index (χ0n) is 19.0. The SMILES string of the molecule is C=CCNC(=O)c1cc(-c2csc(-c3ccnc(CC)c3)n2)n(-c2ccc(OC)cc2)c1C. The second-order valence-corrected chi connectivity index (χ2v) is 8.35. The lowest BCUT2D eigenvalue weighted by Gasteiger charge is -2.12. The van der Waals surface area contributed by atoms with Crippen molar-refractivity contribution in [3.8, 4) is 33.4 Å².